The van der Waals surface area contributed by atoms with Crippen LogP contribution in [0.5, 0.6) is 0 Å². The monoisotopic (exact) mass is 275 g/mol. The van der Waals surface area contributed by atoms with Gasteiger partial charge >= 0.3 is 5.69 Å². The highest BCUT2D eigenvalue weighted by molar-refractivity contribution is 6.05. The number of nitro groups is 1. The lowest BCUT2D eigenvalue weighted by molar-refractivity contribution is -0.387. The van der Waals surface area contributed by atoms with Gasteiger partial charge in [0, 0.05) is 24.9 Å². The van der Waals surface area contributed by atoms with E-state index in [1.165, 1.54) is 24.2 Å². The Hall–Kier alpha value is -2.83. The van der Waals surface area contributed by atoms with Crippen molar-refractivity contribution >= 4 is 17.4 Å². The summed E-state index contributed by atoms with van der Waals surface area (Å²) >= 11 is 0. The molecule has 0 unspecified atom stereocenters. The Labute approximate surface area is 113 Å². The molecular weight excluding hydrogens is 265 g/mol. The summed E-state index contributed by atoms with van der Waals surface area (Å²) < 4.78 is 13.5. The highest BCUT2D eigenvalue weighted by Crippen LogP contribution is 2.20. The number of anilines is 1. The van der Waals surface area contributed by atoms with Crippen LogP contribution in [0.15, 0.2) is 42.6 Å². The summed E-state index contributed by atoms with van der Waals surface area (Å²) in [6.45, 7) is 0. The first-order chi connectivity index (χ1) is 9.50. The summed E-state index contributed by atoms with van der Waals surface area (Å²) in [5.41, 5.74) is -0.650. The second-order valence-corrected chi connectivity index (χ2v) is 3.98. The molecule has 0 fully saturated rings. The van der Waals surface area contributed by atoms with Crippen LogP contribution in [-0.2, 0) is 0 Å². The first-order valence-corrected chi connectivity index (χ1v) is 5.63. The van der Waals surface area contributed by atoms with E-state index in [0.717, 1.165) is 12.1 Å². The average Bonchev–Trinajstić information content (AvgIpc) is 2.46. The van der Waals surface area contributed by atoms with Crippen molar-refractivity contribution in [3.8, 4) is 0 Å². The molecule has 0 bridgehead atoms. The van der Waals surface area contributed by atoms with Crippen molar-refractivity contribution in [2.24, 2.45) is 0 Å². The summed E-state index contributed by atoms with van der Waals surface area (Å²) in [5, 5.41) is 10.5. The van der Waals surface area contributed by atoms with Gasteiger partial charge in [-0.15, -0.1) is 0 Å². The Balaban J connectivity index is 2.30. The van der Waals surface area contributed by atoms with Gasteiger partial charge in [0.2, 0.25) is 5.82 Å². The standard InChI is InChI=1S/C13H10FN3O3/c1-16(12-4-2-3-7-15-12)13(18)9-5-6-11(17(19)20)10(14)8-9/h2-8H,1H3. The Morgan fingerprint density at radius 2 is 2.10 bits per heavy atom. The summed E-state index contributed by atoms with van der Waals surface area (Å²) in [6.07, 6.45) is 1.52. The van der Waals surface area contributed by atoms with Crippen molar-refractivity contribution in [2.75, 3.05) is 11.9 Å². The van der Waals surface area contributed by atoms with Crippen molar-refractivity contribution in [1.29, 1.82) is 0 Å². The number of amides is 1. The van der Waals surface area contributed by atoms with Gasteiger partial charge in [0.1, 0.15) is 5.82 Å². The molecule has 7 heteroatoms. The number of aromatic nitrogens is 1. The Kier molecular flexibility index (Phi) is 3.69. The molecule has 0 radical (unpaired) electrons. The Bertz CT molecular complexity index is 661. The minimum absolute atomic E-state index is 0.0150. The lowest BCUT2D eigenvalue weighted by atomic mass is 10.1. The molecule has 102 valence electrons. The van der Waals surface area contributed by atoms with Crippen molar-refractivity contribution in [3.63, 3.8) is 0 Å². The van der Waals surface area contributed by atoms with Gasteiger partial charge in [-0.3, -0.25) is 19.8 Å². The minimum atomic E-state index is -1.05. The summed E-state index contributed by atoms with van der Waals surface area (Å²) in [6, 6.07) is 8.06. The van der Waals surface area contributed by atoms with E-state index in [1.807, 2.05) is 0 Å². The molecule has 0 saturated carbocycles. The fourth-order valence-corrected chi connectivity index (χ4v) is 1.64. The van der Waals surface area contributed by atoms with Crippen LogP contribution in [0.1, 0.15) is 10.4 Å². The third-order valence-electron chi connectivity index (χ3n) is 2.69. The topological polar surface area (TPSA) is 76.3 Å². The van der Waals surface area contributed by atoms with Crippen molar-refractivity contribution in [2.45, 2.75) is 0 Å². The van der Waals surface area contributed by atoms with Gasteiger partial charge in [0.25, 0.3) is 5.91 Å². The van der Waals surface area contributed by atoms with E-state index in [1.54, 1.807) is 18.2 Å². The molecule has 0 aliphatic rings. The lowest BCUT2D eigenvalue weighted by Crippen LogP contribution is -2.27. The van der Waals surface area contributed by atoms with Crippen LogP contribution >= 0.6 is 0 Å². The van der Waals surface area contributed by atoms with E-state index in [0.29, 0.717) is 5.82 Å². The predicted octanol–water partition coefficient (Wildman–Crippen LogP) is 2.41. The highest BCUT2D eigenvalue weighted by Gasteiger charge is 2.19. The molecule has 0 atom stereocenters. The van der Waals surface area contributed by atoms with Crippen LogP contribution in [0.3, 0.4) is 0 Å². The Morgan fingerprint density at radius 1 is 1.35 bits per heavy atom. The zero-order valence-electron chi connectivity index (χ0n) is 10.5. The van der Waals surface area contributed by atoms with Gasteiger partial charge in [-0.1, -0.05) is 6.07 Å². The Morgan fingerprint density at radius 3 is 2.65 bits per heavy atom. The van der Waals surface area contributed by atoms with Crippen LogP contribution in [0, 0.1) is 15.9 Å². The fraction of sp³-hybridized carbons (Fsp3) is 0.0769. The molecular formula is C13H10FN3O3. The van der Waals surface area contributed by atoms with E-state index in [2.05, 4.69) is 4.98 Å². The van der Waals surface area contributed by atoms with Crippen LogP contribution < -0.4 is 4.90 Å². The number of carbonyl (C=O) groups excluding carboxylic acids is 1. The normalized spacial score (nSPS) is 10.1. The molecule has 6 nitrogen and oxygen atoms in total. The van der Waals surface area contributed by atoms with E-state index in [-0.39, 0.29) is 5.56 Å². The maximum atomic E-state index is 13.5. The van der Waals surface area contributed by atoms with E-state index in [4.69, 9.17) is 0 Å². The number of pyridine rings is 1. The molecule has 0 saturated heterocycles. The third kappa shape index (κ3) is 2.61. The number of rotatable bonds is 3. The molecule has 1 aromatic carbocycles. The molecule has 0 spiro atoms. The van der Waals surface area contributed by atoms with E-state index in [9.17, 15) is 19.3 Å². The number of hydrogen-bond acceptors (Lipinski definition) is 4. The second-order valence-electron chi connectivity index (χ2n) is 3.98. The average molecular weight is 275 g/mol. The maximum Gasteiger partial charge on any atom is 0.304 e. The zero-order valence-corrected chi connectivity index (χ0v) is 10.5. The van der Waals surface area contributed by atoms with Crippen molar-refractivity contribution < 1.29 is 14.1 Å². The van der Waals surface area contributed by atoms with Crippen LogP contribution in [0.4, 0.5) is 15.9 Å². The smallest absolute Gasteiger partial charge is 0.296 e. The molecule has 20 heavy (non-hydrogen) atoms. The second kappa shape index (κ2) is 5.43. The number of hydrogen-bond donors (Lipinski definition) is 0. The van der Waals surface area contributed by atoms with E-state index < -0.39 is 22.3 Å². The first-order valence-electron chi connectivity index (χ1n) is 5.63. The van der Waals surface area contributed by atoms with Gasteiger partial charge in [0.05, 0.1) is 4.92 Å². The molecule has 0 aliphatic carbocycles. The van der Waals surface area contributed by atoms with Crippen LogP contribution in [0.25, 0.3) is 0 Å². The summed E-state index contributed by atoms with van der Waals surface area (Å²) in [4.78, 5) is 27.0. The quantitative estimate of drug-likeness (QED) is 0.636. The fourth-order valence-electron chi connectivity index (χ4n) is 1.64. The first kappa shape index (κ1) is 13.6. The maximum absolute atomic E-state index is 13.5. The molecule has 1 aromatic heterocycles. The molecule has 1 amide bonds. The number of carbonyl (C=O) groups is 1. The number of nitrogens with zero attached hydrogens (tertiary/aromatic N) is 3. The molecule has 2 rings (SSSR count). The third-order valence-corrected chi connectivity index (χ3v) is 2.69. The van der Waals surface area contributed by atoms with Crippen LogP contribution in [-0.4, -0.2) is 22.9 Å². The molecule has 0 N–H and O–H groups in total. The van der Waals surface area contributed by atoms with Gasteiger partial charge in [0.15, 0.2) is 0 Å². The predicted molar refractivity (Wildman–Crippen MR) is 70.0 cm³/mol. The van der Waals surface area contributed by atoms with Crippen molar-refractivity contribution in [3.05, 3.63) is 64.1 Å². The molecule has 2 aromatic rings. The lowest BCUT2D eigenvalue weighted by Gasteiger charge is -2.15. The molecule has 1 heterocycles. The van der Waals surface area contributed by atoms with Gasteiger partial charge < -0.3 is 0 Å². The zero-order chi connectivity index (χ0) is 14.7. The van der Waals surface area contributed by atoms with Crippen LogP contribution in [0.2, 0.25) is 0 Å². The van der Waals surface area contributed by atoms with Gasteiger partial charge in [-0.2, -0.15) is 4.39 Å². The molecule has 0 aliphatic heterocycles. The van der Waals surface area contributed by atoms with E-state index >= 15 is 0 Å². The van der Waals surface area contributed by atoms with Crippen molar-refractivity contribution in [1.82, 2.24) is 4.98 Å². The summed E-state index contributed by atoms with van der Waals surface area (Å²) in [5.74, 6) is -1.15. The largest absolute Gasteiger partial charge is 0.304 e. The van der Waals surface area contributed by atoms with Gasteiger partial charge in [-0.25, -0.2) is 4.98 Å². The number of halogens is 1. The minimum Gasteiger partial charge on any atom is -0.296 e. The summed E-state index contributed by atoms with van der Waals surface area (Å²) in [7, 11) is 1.49. The number of benzene rings is 1. The van der Waals surface area contributed by atoms with Gasteiger partial charge in [-0.05, 0) is 24.3 Å². The number of nitro benzene ring substituents is 1. The SMILES string of the molecule is CN(C(=O)c1ccc([N+](=O)[O-])c(F)c1)c1ccccn1. The highest BCUT2D eigenvalue weighted by atomic mass is 19.1.